The van der Waals surface area contributed by atoms with E-state index in [0.29, 0.717) is 12.2 Å². The molecule has 0 saturated carbocycles. The smallest absolute Gasteiger partial charge is 0.136 e. The Labute approximate surface area is 95.0 Å². The summed E-state index contributed by atoms with van der Waals surface area (Å²) in [5.41, 5.74) is 0.989. The highest BCUT2D eigenvalue weighted by Crippen LogP contribution is 2.10. The summed E-state index contributed by atoms with van der Waals surface area (Å²) in [6.07, 6.45) is 10.3. The number of hydrogen-bond acceptors (Lipinski definition) is 1. The SMILES string of the molecule is C=C(C)CC(=O)CCCCCCCCC. The summed E-state index contributed by atoms with van der Waals surface area (Å²) in [5.74, 6) is 0.357. The Balaban J connectivity index is 3.16. The largest absolute Gasteiger partial charge is 0.299 e. The molecule has 0 aliphatic heterocycles. The van der Waals surface area contributed by atoms with Crippen LogP contribution in [0.3, 0.4) is 0 Å². The maximum Gasteiger partial charge on any atom is 0.136 e. The standard InChI is InChI=1S/C14H26O/c1-4-5-6-7-8-9-10-11-14(15)12-13(2)3/h2,4-12H2,1,3H3. The first-order valence-corrected chi connectivity index (χ1v) is 6.33. The molecule has 0 bridgehead atoms. The van der Waals surface area contributed by atoms with Gasteiger partial charge in [-0.15, -0.1) is 0 Å². The number of carbonyl (C=O) groups is 1. The first-order chi connectivity index (χ1) is 7.16. The summed E-state index contributed by atoms with van der Waals surface area (Å²) in [4.78, 5) is 11.3. The highest BCUT2D eigenvalue weighted by Gasteiger charge is 2.01. The van der Waals surface area contributed by atoms with Gasteiger partial charge in [0.05, 0.1) is 0 Å². The number of unbranched alkanes of at least 4 members (excludes halogenated alkanes) is 6. The fourth-order valence-corrected chi connectivity index (χ4v) is 1.70. The van der Waals surface area contributed by atoms with Gasteiger partial charge in [0.15, 0.2) is 0 Å². The molecule has 0 unspecified atom stereocenters. The predicted octanol–water partition coefficient (Wildman–Crippen LogP) is 4.66. The number of ketones is 1. The summed E-state index contributed by atoms with van der Waals surface area (Å²) in [5, 5.41) is 0. The van der Waals surface area contributed by atoms with Crippen LogP contribution in [0, 0.1) is 0 Å². The monoisotopic (exact) mass is 210 g/mol. The number of Topliss-reactive ketones (excluding diaryl/α,β-unsaturated/α-hetero) is 1. The molecule has 0 aliphatic rings. The van der Waals surface area contributed by atoms with Crippen molar-refractivity contribution in [1.29, 1.82) is 0 Å². The van der Waals surface area contributed by atoms with E-state index >= 15 is 0 Å². The zero-order valence-corrected chi connectivity index (χ0v) is 10.5. The van der Waals surface area contributed by atoms with Crippen molar-refractivity contribution in [1.82, 2.24) is 0 Å². The van der Waals surface area contributed by atoms with Gasteiger partial charge in [0.2, 0.25) is 0 Å². The molecule has 0 saturated heterocycles. The van der Waals surface area contributed by atoms with Gasteiger partial charge in [-0.05, 0) is 13.3 Å². The molecule has 0 radical (unpaired) electrons. The van der Waals surface area contributed by atoms with Gasteiger partial charge in [-0.25, -0.2) is 0 Å². The Morgan fingerprint density at radius 1 is 1.00 bits per heavy atom. The molecule has 0 rings (SSSR count). The first-order valence-electron chi connectivity index (χ1n) is 6.33. The second-order valence-electron chi connectivity index (χ2n) is 4.54. The van der Waals surface area contributed by atoms with Gasteiger partial charge in [-0.1, -0.05) is 57.6 Å². The van der Waals surface area contributed by atoms with Crippen molar-refractivity contribution in [2.45, 2.75) is 71.6 Å². The van der Waals surface area contributed by atoms with Gasteiger partial charge in [0.25, 0.3) is 0 Å². The fraction of sp³-hybridized carbons (Fsp3) is 0.786. The predicted molar refractivity (Wildman–Crippen MR) is 67.0 cm³/mol. The van der Waals surface area contributed by atoms with E-state index in [-0.39, 0.29) is 0 Å². The molecule has 0 spiro atoms. The van der Waals surface area contributed by atoms with Crippen molar-refractivity contribution < 1.29 is 4.79 Å². The average Bonchev–Trinajstić information content (AvgIpc) is 2.15. The van der Waals surface area contributed by atoms with Gasteiger partial charge >= 0.3 is 0 Å². The number of allylic oxidation sites excluding steroid dienone is 1. The molecular weight excluding hydrogens is 184 g/mol. The topological polar surface area (TPSA) is 17.1 Å². The zero-order chi connectivity index (χ0) is 11.5. The van der Waals surface area contributed by atoms with Crippen molar-refractivity contribution in [3.05, 3.63) is 12.2 Å². The third kappa shape index (κ3) is 11.3. The molecule has 0 atom stereocenters. The summed E-state index contributed by atoms with van der Waals surface area (Å²) in [6, 6.07) is 0. The number of rotatable bonds is 10. The molecule has 0 aromatic rings. The normalized spacial score (nSPS) is 10.3. The van der Waals surface area contributed by atoms with E-state index in [4.69, 9.17) is 0 Å². The highest BCUT2D eigenvalue weighted by atomic mass is 16.1. The minimum absolute atomic E-state index is 0.357. The maximum atomic E-state index is 11.3. The minimum atomic E-state index is 0.357. The van der Waals surface area contributed by atoms with E-state index in [2.05, 4.69) is 13.5 Å². The van der Waals surface area contributed by atoms with Crippen LogP contribution in [0.1, 0.15) is 71.6 Å². The summed E-state index contributed by atoms with van der Waals surface area (Å²) < 4.78 is 0. The van der Waals surface area contributed by atoms with Crippen molar-refractivity contribution in [3.63, 3.8) is 0 Å². The highest BCUT2D eigenvalue weighted by molar-refractivity contribution is 5.80. The summed E-state index contributed by atoms with van der Waals surface area (Å²) in [7, 11) is 0. The van der Waals surface area contributed by atoms with Gasteiger partial charge in [0, 0.05) is 12.8 Å². The van der Waals surface area contributed by atoms with E-state index in [0.717, 1.165) is 18.4 Å². The van der Waals surface area contributed by atoms with Crippen LogP contribution >= 0.6 is 0 Å². The molecule has 0 aromatic carbocycles. The van der Waals surface area contributed by atoms with E-state index in [9.17, 15) is 4.79 Å². The molecule has 0 N–H and O–H groups in total. The summed E-state index contributed by atoms with van der Waals surface area (Å²) in [6.45, 7) is 7.90. The zero-order valence-electron chi connectivity index (χ0n) is 10.5. The second kappa shape index (κ2) is 9.95. The minimum Gasteiger partial charge on any atom is -0.299 e. The Morgan fingerprint density at radius 3 is 2.07 bits per heavy atom. The van der Waals surface area contributed by atoms with Crippen LogP contribution < -0.4 is 0 Å². The molecule has 0 heterocycles. The quantitative estimate of drug-likeness (QED) is 0.378. The van der Waals surface area contributed by atoms with Gasteiger partial charge < -0.3 is 0 Å². The van der Waals surface area contributed by atoms with Gasteiger partial charge in [-0.3, -0.25) is 4.79 Å². The molecule has 0 fully saturated rings. The number of carbonyl (C=O) groups excluding carboxylic acids is 1. The molecule has 88 valence electrons. The second-order valence-corrected chi connectivity index (χ2v) is 4.54. The molecule has 15 heavy (non-hydrogen) atoms. The van der Waals surface area contributed by atoms with Gasteiger partial charge in [0.1, 0.15) is 5.78 Å². The molecule has 1 heteroatoms. The lowest BCUT2D eigenvalue weighted by Gasteiger charge is -2.01. The lowest BCUT2D eigenvalue weighted by atomic mass is 10.0. The molecule has 0 amide bonds. The fourth-order valence-electron chi connectivity index (χ4n) is 1.70. The first kappa shape index (κ1) is 14.4. The van der Waals surface area contributed by atoms with Crippen LogP contribution in [0.4, 0.5) is 0 Å². The molecular formula is C14H26O. The van der Waals surface area contributed by atoms with Crippen molar-refractivity contribution in [2.24, 2.45) is 0 Å². The van der Waals surface area contributed by atoms with Crippen molar-refractivity contribution in [3.8, 4) is 0 Å². The lowest BCUT2D eigenvalue weighted by Crippen LogP contribution is -1.97. The molecule has 0 aromatic heterocycles. The van der Waals surface area contributed by atoms with Crippen LogP contribution in [0.15, 0.2) is 12.2 Å². The van der Waals surface area contributed by atoms with Crippen LogP contribution in [-0.4, -0.2) is 5.78 Å². The third-order valence-electron chi connectivity index (χ3n) is 2.56. The number of hydrogen-bond donors (Lipinski definition) is 0. The lowest BCUT2D eigenvalue weighted by molar-refractivity contribution is -0.118. The van der Waals surface area contributed by atoms with Crippen molar-refractivity contribution in [2.75, 3.05) is 0 Å². The van der Waals surface area contributed by atoms with Crippen molar-refractivity contribution >= 4 is 5.78 Å². The van der Waals surface area contributed by atoms with E-state index in [1.807, 2.05) is 6.92 Å². The molecule has 0 aliphatic carbocycles. The summed E-state index contributed by atoms with van der Waals surface area (Å²) >= 11 is 0. The Hall–Kier alpha value is -0.590. The van der Waals surface area contributed by atoms with Crippen LogP contribution in [0.5, 0.6) is 0 Å². The van der Waals surface area contributed by atoms with Crippen LogP contribution in [0.2, 0.25) is 0 Å². The maximum absolute atomic E-state index is 11.3. The van der Waals surface area contributed by atoms with Gasteiger partial charge in [-0.2, -0.15) is 0 Å². The Kier molecular flexibility index (Phi) is 9.55. The Bertz CT molecular complexity index is 182. The molecule has 1 nitrogen and oxygen atoms in total. The van der Waals surface area contributed by atoms with E-state index < -0.39 is 0 Å². The van der Waals surface area contributed by atoms with E-state index in [1.165, 1.54) is 38.5 Å². The van der Waals surface area contributed by atoms with Crippen LogP contribution in [-0.2, 0) is 4.79 Å². The Morgan fingerprint density at radius 2 is 1.53 bits per heavy atom. The third-order valence-corrected chi connectivity index (χ3v) is 2.56. The van der Waals surface area contributed by atoms with Crippen LogP contribution in [0.25, 0.3) is 0 Å². The average molecular weight is 210 g/mol. The van der Waals surface area contributed by atoms with E-state index in [1.54, 1.807) is 0 Å².